The van der Waals surface area contributed by atoms with Crippen LogP contribution in [0.15, 0.2) is 10.6 Å². The third kappa shape index (κ3) is 5.28. The highest BCUT2D eigenvalue weighted by molar-refractivity contribution is 4.94. The van der Waals surface area contributed by atoms with Gasteiger partial charge >= 0.3 is 0 Å². The van der Waals surface area contributed by atoms with E-state index >= 15 is 0 Å². The van der Waals surface area contributed by atoms with Gasteiger partial charge < -0.3 is 14.5 Å². The van der Waals surface area contributed by atoms with Gasteiger partial charge in [-0.2, -0.15) is 0 Å². The maximum Gasteiger partial charge on any atom is 0.195 e. The van der Waals surface area contributed by atoms with E-state index in [2.05, 4.69) is 17.2 Å². The number of nitrogens with one attached hydrogen (secondary N) is 1. The molecule has 1 rings (SSSR count). The number of rotatable bonds is 9. The predicted molar refractivity (Wildman–Crippen MR) is 63.6 cm³/mol. The monoisotopic (exact) mass is 226 g/mol. The molecule has 0 saturated carbocycles. The van der Waals surface area contributed by atoms with Crippen molar-refractivity contribution in [2.24, 2.45) is 0 Å². The second-order valence-corrected chi connectivity index (χ2v) is 3.82. The van der Waals surface area contributed by atoms with Crippen molar-refractivity contribution in [2.45, 2.75) is 32.6 Å². The quantitative estimate of drug-likeness (QED) is 0.652. The van der Waals surface area contributed by atoms with Gasteiger partial charge in [-0.1, -0.05) is 6.92 Å². The van der Waals surface area contributed by atoms with Gasteiger partial charge in [-0.05, 0) is 19.4 Å². The Morgan fingerprint density at radius 3 is 3.00 bits per heavy atom. The van der Waals surface area contributed by atoms with Crippen molar-refractivity contribution >= 4 is 0 Å². The molecule has 1 aromatic rings. The summed E-state index contributed by atoms with van der Waals surface area (Å²) in [5.74, 6) is 1.79. The zero-order valence-electron chi connectivity index (χ0n) is 10.3. The van der Waals surface area contributed by atoms with E-state index in [1.807, 2.05) is 6.20 Å². The van der Waals surface area contributed by atoms with Crippen LogP contribution in [0.4, 0.5) is 0 Å². The summed E-state index contributed by atoms with van der Waals surface area (Å²) in [5, 5.41) is 3.33. The number of aromatic nitrogens is 1. The molecule has 0 aliphatic heterocycles. The van der Waals surface area contributed by atoms with Gasteiger partial charge in [-0.3, -0.25) is 0 Å². The normalized spacial score (nSPS) is 10.9. The topological polar surface area (TPSA) is 47.3 Å². The largest absolute Gasteiger partial charge is 0.446 e. The third-order valence-corrected chi connectivity index (χ3v) is 2.32. The summed E-state index contributed by atoms with van der Waals surface area (Å²) in [6.07, 6.45) is 5.74. The van der Waals surface area contributed by atoms with Crippen molar-refractivity contribution in [1.29, 1.82) is 0 Å². The maximum atomic E-state index is 5.60. The minimum atomic E-state index is 0.772. The second-order valence-electron chi connectivity index (χ2n) is 3.82. The Hall–Kier alpha value is -0.870. The van der Waals surface area contributed by atoms with Gasteiger partial charge in [-0.15, -0.1) is 0 Å². The molecule has 4 nitrogen and oxygen atoms in total. The average Bonchev–Trinajstić information content (AvgIpc) is 2.73. The lowest BCUT2D eigenvalue weighted by Crippen LogP contribution is -2.17. The third-order valence-electron chi connectivity index (χ3n) is 2.32. The van der Waals surface area contributed by atoms with E-state index in [4.69, 9.17) is 9.15 Å². The van der Waals surface area contributed by atoms with Crippen LogP contribution in [0.3, 0.4) is 0 Å². The number of nitrogens with zero attached hydrogens (tertiary/aromatic N) is 1. The van der Waals surface area contributed by atoms with E-state index in [9.17, 15) is 0 Å². The van der Waals surface area contributed by atoms with E-state index in [-0.39, 0.29) is 0 Å². The lowest BCUT2D eigenvalue weighted by atomic mass is 10.3. The Morgan fingerprint density at radius 2 is 2.25 bits per heavy atom. The van der Waals surface area contributed by atoms with E-state index in [0.717, 1.165) is 57.0 Å². The second kappa shape index (κ2) is 8.30. The highest BCUT2D eigenvalue weighted by Gasteiger charge is 2.03. The van der Waals surface area contributed by atoms with Gasteiger partial charge in [0.05, 0.1) is 6.20 Å². The maximum absolute atomic E-state index is 5.60. The molecule has 0 aliphatic carbocycles. The summed E-state index contributed by atoms with van der Waals surface area (Å²) in [6.45, 7) is 4.92. The number of oxazole rings is 1. The first kappa shape index (κ1) is 13.2. The highest BCUT2D eigenvalue weighted by Crippen LogP contribution is 2.06. The Morgan fingerprint density at radius 1 is 1.38 bits per heavy atom. The predicted octanol–water partition coefficient (Wildman–Crippen LogP) is 1.80. The van der Waals surface area contributed by atoms with Crippen LogP contribution in [-0.2, 0) is 17.6 Å². The van der Waals surface area contributed by atoms with Crippen molar-refractivity contribution in [3.63, 3.8) is 0 Å². The molecule has 0 atom stereocenters. The molecule has 0 aliphatic rings. The number of hydrogen-bond donors (Lipinski definition) is 1. The van der Waals surface area contributed by atoms with Crippen LogP contribution in [0, 0.1) is 0 Å². The lowest BCUT2D eigenvalue weighted by molar-refractivity contribution is 0.193. The molecule has 0 unspecified atom stereocenters. The van der Waals surface area contributed by atoms with Gasteiger partial charge in [0.25, 0.3) is 0 Å². The van der Waals surface area contributed by atoms with E-state index in [1.54, 1.807) is 7.11 Å². The van der Waals surface area contributed by atoms with Crippen molar-refractivity contribution < 1.29 is 9.15 Å². The Labute approximate surface area is 97.4 Å². The fraction of sp³-hybridized carbons (Fsp3) is 0.750. The molecule has 4 heteroatoms. The standard InChI is InChI=1S/C12H22N2O2/c1-3-7-13-8-6-12-14-10-11(16-12)5-4-9-15-2/h10,13H,3-9H2,1-2H3. The first-order valence-corrected chi connectivity index (χ1v) is 6.00. The molecule has 1 heterocycles. The summed E-state index contributed by atoms with van der Waals surface area (Å²) in [6, 6.07) is 0. The Bertz CT molecular complexity index is 274. The summed E-state index contributed by atoms with van der Waals surface area (Å²) >= 11 is 0. The van der Waals surface area contributed by atoms with Gasteiger partial charge in [0, 0.05) is 33.1 Å². The van der Waals surface area contributed by atoms with Crippen molar-refractivity contribution in [3.05, 3.63) is 17.8 Å². The molecule has 0 amide bonds. The summed E-state index contributed by atoms with van der Waals surface area (Å²) in [4.78, 5) is 4.25. The molecular weight excluding hydrogens is 204 g/mol. The SMILES string of the molecule is CCCNCCc1ncc(CCCOC)o1. The van der Waals surface area contributed by atoms with E-state index < -0.39 is 0 Å². The molecule has 0 saturated heterocycles. The zero-order valence-corrected chi connectivity index (χ0v) is 10.3. The molecule has 0 aromatic carbocycles. The van der Waals surface area contributed by atoms with Crippen LogP contribution >= 0.6 is 0 Å². The molecule has 16 heavy (non-hydrogen) atoms. The first-order valence-electron chi connectivity index (χ1n) is 6.00. The van der Waals surface area contributed by atoms with Gasteiger partial charge in [0.15, 0.2) is 5.89 Å². The van der Waals surface area contributed by atoms with Crippen LogP contribution in [-0.4, -0.2) is 31.8 Å². The van der Waals surface area contributed by atoms with Crippen LogP contribution in [0.2, 0.25) is 0 Å². The number of ether oxygens (including phenoxy) is 1. The minimum Gasteiger partial charge on any atom is -0.446 e. The molecule has 1 N–H and O–H groups in total. The lowest BCUT2D eigenvalue weighted by Gasteiger charge is -1.99. The molecule has 92 valence electrons. The van der Waals surface area contributed by atoms with Crippen molar-refractivity contribution in [3.8, 4) is 0 Å². The minimum absolute atomic E-state index is 0.772. The summed E-state index contributed by atoms with van der Waals surface area (Å²) in [5.41, 5.74) is 0. The van der Waals surface area contributed by atoms with E-state index in [1.165, 1.54) is 0 Å². The summed E-state index contributed by atoms with van der Waals surface area (Å²) in [7, 11) is 1.71. The molecule has 0 bridgehead atoms. The molecular formula is C12H22N2O2. The average molecular weight is 226 g/mol. The number of methoxy groups -OCH3 is 1. The van der Waals surface area contributed by atoms with Crippen molar-refractivity contribution in [1.82, 2.24) is 10.3 Å². The highest BCUT2D eigenvalue weighted by atomic mass is 16.5. The Balaban J connectivity index is 2.17. The van der Waals surface area contributed by atoms with Gasteiger partial charge in [-0.25, -0.2) is 4.98 Å². The van der Waals surface area contributed by atoms with Crippen LogP contribution in [0.25, 0.3) is 0 Å². The smallest absolute Gasteiger partial charge is 0.195 e. The van der Waals surface area contributed by atoms with Gasteiger partial charge in [0.1, 0.15) is 5.76 Å². The van der Waals surface area contributed by atoms with Crippen LogP contribution < -0.4 is 5.32 Å². The summed E-state index contributed by atoms with van der Waals surface area (Å²) < 4.78 is 10.6. The van der Waals surface area contributed by atoms with Gasteiger partial charge in [0.2, 0.25) is 0 Å². The fourth-order valence-corrected chi connectivity index (χ4v) is 1.47. The Kier molecular flexibility index (Phi) is 6.85. The van der Waals surface area contributed by atoms with Crippen LogP contribution in [0.5, 0.6) is 0 Å². The zero-order chi connectivity index (χ0) is 11.6. The fourth-order valence-electron chi connectivity index (χ4n) is 1.47. The first-order chi connectivity index (χ1) is 7.86. The molecule has 0 spiro atoms. The van der Waals surface area contributed by atoms with Crippen LogP contribution in [0.1, 0.15) is 31.4 Å². The molecule has 1 aromatic heterocycles. The number of aryl methyl sites for hydroxylation is 1. The molecule has 0 fully saturated rings. The number of hydrogen-bond acceptors (Lipinski definition) is 4. The van der Waals surface area contributed by atoms with Crippen molar-refractivity contribution in [2.75, 3.05) is 26.8 Å². The molecule has 0 radical (unpaired) electrons. The van der Waals surface area contributed by atoms with E-state index in [0.29, 0.717) is 0 Å².